The topological polar surface area (TPSA) is 54.9 Å². The van der Waals surface area contributed by atoms with Crippen molar-refractivity contribution in [3.8, 4) is 0 Å². The molecule has 128 valence electrons. The van der Waals surface area contributed by atoms with E-state index in [4.69, 9.17) is 11.6 Å². The van der Waals surface area contributed by atoms with Gasteiger partial charge in [0.1, 0.15) is 5.03 Å². The molecule has 1 N–H and O–H groups in total. The van der Waals surface area contributed by atoms with Gasteiger partial charge in [-0.1, -0.05) is 35.8 Å². The summed E-state index contributed by atoms with van der Waals surface area (Å²) in [5.74, 6) is -0.168. The van der Waals surface area contributed by atoms with E-state index in [1.54, 1.807) is 30.1 Å². The molecule has 1 amide bonds. The van der Waals surface area contributed by atoms with Crippen molar-refractivity contribution in [3.05, 3.63) is 47.1 Å². The molecule has 0 saturated heterocycles. The molecule has 2 heterocycles. The van der Waals surface area contributed by atoms with E-state index in [0.717, 1.165) is 15.2 Å². The van der Waals surface area contributed by atoms with Crippen LogP contribution in [-0.2, 0) is 0 Å². The lowest BCUT2D eigenvalue weighted by Crippen LogP contribution is -2.14. The molecule has 1 fully saturated rings. The lowest BCUT2D eigenvalue weighted by Gasteiger charge is -2.11. The molecule has 7 heteroatoms. The minimum atomic E-state index is -0.168. The summed E-state index contributed by atoms with van der Waals surface area (Å²) in [6.07, 6.45) is 6.66. The zero-order chi connectivity index (χ0) is 17.2. The van der Waals surface area contributed by atoms with Crippen LogP contribution in [0.2, 0.25) is 5.02 Å². The third-order valence-electron chi connectivity index (χ3n) is 4.17. The van der Waals surface area contributed by atoms with Crippen LogP contribution in [0.1, 0.15) is 36.0 Å². The molecule has 0 radical (unpaired) electrons. The minimum absolute atomic E-state index is 0.168. The van der Waals surface area contributed by atoms with Crippen molar-refractivity contribution in [1.82, 2.24) is 9.97 Å². The molecule has 0 aliphatic heterocycles. The fourth-order valence-corrected chi connectivity index (χ4v) is 5.37. The lowest BCUT2D eigenvalue weighted by atomic mass is 10.3. The maximum absolute atomic E-state index is 12.7. The van der Waals surface area contributed by atoms with Crippen LogP contribution in [0.5, 0.6) is 0 Å². The predicted octanol–water partition coefficient (Wildman–Crippen LogP) is 5.63. The summed E-state index contributed by atoms with van der Waals surface area (Å²) in [5.41, 5.74) is 1.44. The Balaban J connectivity index is 1.55. The zero-order valence-corrected chi connectivity index (χ0v) is 15.8. The van der Waals surface area contributed by atoms with E-state index in [0.29, 0.717) is 21.0 Å². The van der Waals surface area contributed by atoms with Gasteiger partial charge < -0.3 is 0 Å². The number of hydrogen-bond acceptors (Lipinski definition) is 5. The summed E-state index contributed by atoms with van der Waals surface area (Å²) < 4.78 is 0.953. The number of aromatic nitrogens is 2. The lowest BCUT2D eigenvalue weighted by molar-refractivity contribution is 0.102. The molecule has 25 heavy (non-hydrogen) atoms. The van der Waals surface area contributed by atoms with Gasteiger partial charge in [-0.15, -0.1) is 11.8 Å². The van der Waals surface area contributed by atoms with Crippen molar-refractivity contribution in [2.75, 3.05) is 5.32 Å². The van der Waals surface area contributed by atoms with Crippen molar-refractivity contribution < 1.29 is 4.79 Å². The van der Waals surface area contributed by atoms with Gasteiger partial charge in [0.15, 0.2) is 5.13 Å². The van der Waals surface area contributed by atoms with E-state index in [2.05, 4.69) is 15.3 Å². The molecule has 1 saturated carbocycles. The van der Waals surface area contributed by atoms with Crippen molar-refractivity contribution in [1.29, 1.82) is 0 Å². The fraction of sp³-hybridized carbons (Fsp3) is 0.278. The molecule has 0 unspecified atom stereocenters. The Hall–Kier alpha value is -1.63. The molecular formula is C18H16ClN3OS2. The molecule has 1 aliphatic rings. The first kappa shape index (κ1) is 16.8. The Morgan fingerprint density at radius 2 is 2.12 bits per heavy atom. The molecular weight excluding hydrogens is 374 g/mol. The highest BCUT2D eigenvalue weighted by Gasteiger charge is 2.21. The Kier molecular flexibility index (Phi) is 4.92. The average molecular weight is 390 g/mol. The zero-order valence-electron chi connectivity index (χ0n) is 13.4. The van der Waals surface area contributed by atoms with E-state index in [1.165, 1.54) is 37.0 Å². The molecule has 4 nitrogen and oxygen atoms in total. The molecule has 0 atom stereocenters. The predicted molar refractivity (Wildman–Crippen MR) is 105 cm³/mol. The number of amides is 1. The number of hydrogen-bond donors (Lipinski definition) is 1. The number of anilines is 1. The van der Waals surface area contributed by atoms with Gasteiger partial charge in [0.2, 0.25) is 0 Å². The molecule has 4 rings (SSSR count). The largest absolute Gasteiger partial charge is 0.298 e. The Morgan fingerprint density at radius 1 is 1.28 bits per heavy atom. The summed E-state index contributed by atoms with van der Waals surface area (Å²) >= 11 is 9.15. The van der Waals surface area contributed by atoms with Crippen LogP contribution in [0.3, 0.4) is 0 Å². The molecule has 1 aliphatic carbocycles. The minimum Gasteiger partial charge on any atom is -0.298 e. The second-order valence-electron chi connectivity index (χ2n) is 5.97. The van der Waals surface area contributed by atoms with Crippen LogP contribution in [-0.4, -0.2) is 21.1 Å². The second kappa shape index (κ2) is 7.32. The summed E-state index contributed by atoms with van der Waals surface area (Å²) in [5, 5.41) is 5.50. The number of thioether (sulfide) groups is 1. The van der Waals surface area contributed by atoms with E-state index in [1.807, 2.05) is 18.2 Å². The maximum atomic E-state index is 12.7. The van der Waals surface area contributed by atoms with Crippen LogP contribution < -0.4 is 5.32 Å². The third kappa shape index (κ3) is 3.81. The van der Waals surface area contributed by atoms with Gasteiger partial charge in [0.25, 0.3) is 5.91 Å². The SMILES string of the molecule is O=C(Nc1nc2ccc(Cl)cc2s1)c1cccnc1SC1CCCC1. The quantitative estimate of drug-likeness (QED) is 0.628. The normalized spacial score (nSPS) is 14.9. The standard InChI is InChI=1S/C18H16ClN3OS2/c19-11-7-8-14-15(10-11)25-18(21-14)22-16(23)13-6-3-9-20-17(13)24-12-4-1-2-5-12/h3,6-10,12H,1-2,4-5H2,(H,21,22,23). The smallest absolute Gasteiger partial charge is 0.260 e. The number of carbonyl (C=O) groups excluding carboxylic acids is 1. The van der Waals surface area contributed by atoms with Crippen molar-refractivity contribution >= 4 is 56.0 Å². The maximum Gasteiger partial charge on any atom is 0.260 e. The van der Waals surface area contributed by atoms with Gasteiger partial charge in [0.05, 0.1) is 15.8 Å². The molecule has 1 aromatic carbocycles. The van der Waals surface area contributed by atoms with Gasteiger partial charge in [-0.2, -0.15) is 0 Å². The van der Waals surface area contributed by atoms with Crippen molar-refractivity contribution in [2.24, 2.45) is 0 Å². The van der Waals surface area contributed by atoms with Crippen LogP contribution >= 0.6 is 34.7 Å². The summed E-state index contributed by atoms with van der Waals surface area (Å²) in [6, 6.07) is 9.13. The number of pyridine rings is 1. The van der Waals surface area contributed by atoms with E-state index in [-0.39, 0.29) is 5.91 Å². The number of thiazole rings is 1. The highest BCUT2D eigenvalue weighted by Crippen LogP contribution is 2.35. The molecule has 0 bridgehead atoms. The van der Waals surface area contributed by atoms with Crippen LogP contribution in [0, 0.1) is 0 Å². The number of halogens is 1. The number of fused-ring (bicyclic) bond motifs is 1. The number of carbonyl (C=O) groups is 1. The van der Waals surface area contributed by atoms with Gasteiger partial charge in [-0.05, 0) is 43.2 Å². The summed E-state index contributed by atoms with van der Waals surface area (Å²) in [4.78, 5) is 21.6. The van der Waals surface area contributed by atoms with Crippen LogP contribution in [0.4, 0.5) is 5.13 Å². The molecule has 0 spiro atoms. The van der Waals surface area contributed by atoms with Crippen molar-refractivity contribution in [3.63, 3.8) is 0 Å². The Labute approximate surface area is 159 Å². The second-order valence-corrected chi connectivity index (χ2v) is 8.72. The van der Waals surface area contributed by atoms with Crippen LogP contribution in [0.25, 0.3) is 10.2 Å². The van der Waals surface area contributed by atoms with E-state index in [9.17, 15) is 4.79 Å². The van der Waals surface area contributed by atoms with Gasteiger partial charge >= 0.3 is 0 Å². The van der Waals surface area contributed by atoms with E-state index >= 15 is 0 Å². The monoisotopic (exact) mass is 389 g/mol. The third-order valence-corrected chi connectivity index (χ3v) is 6.69. The first-order valence-corrected chi connectivity index (χ1v) is 10.3. The van der Waals surface area contributed by atoms with Crippen molar-refractivity contribution in [2.45, 2.75) is 36.0 Å². The number of nitrogens with zero attached hydrogens (tertiary/aromatic N) is 2. The van der Waals surface area contributed by atoms with Gasteiger partial charge in [-0.25, -0.2) is 9.97 Å². The Bertz CT molecular complexity index is 922. The van der Waals surface area contributed by atoms with Crippen LogP contribution in [0.15, 0.2) is 41.6 Å². The van der Waals surface area contributed by atoms with Gasteiger partial charge in [0, 0.05) is 16.5 Å². The highest BCUT2D eigenvalue weighted by molar-refractivity contribution is 7.99. The first-order valence-electron chi connectivity index (χ1n) is 8.18. The summed E-state index contributed by atoms with van der Waals surface area (Å²) in [6.45, 7) is 0. The summed E-state index contributed by atoms with van der Waals surface area (Å²) in [7, 11) is 0. The van der Waals surface area contributed by atoms with E-state index < -0.39 is 0 Å². The fourth-order valence-electron chi connectivity index (χ4n) is 2.94. The average Bonchev–Trinajstić information content (AvgIpc) is 3.24. The highest BCUT2D eigenvalue weighted by atomic mass is 35.5. The Morgan fingerprint density at radius 3 is 2.96 bits per heavy atom. The molecule has 3 aromatic rings. The van der Waals surface area contributed by atoms with Gasteiger partial charge in [-0.3, -0.25) is 10.1 Å². The number of nitrogens with one attached hydrogen (secondary N) is 1. The number of rotatable bonds is 4. The number of benzene rings is 1. The molecule has 2 aromatic heterocycles. The first-order chi connectivity index (χ1) is 12.2.